The van der Waals surface area contributed by atoms with Crippen molar-refractivity contribution in [3.05, 3.63) is 75.6 Å². The molecule has 1 amide bonds. The smallest absolute Gasteiger partial charge is 0.255 e. The van der Waals surface area contributed by atoms with E-state index in [9.17, 15) is 34.8 Å². The molecule has 1 saturated carbocycles. The first-order valence-corrected chi connectivity index (χ1v) is 12.4. The second-order valence-electron chi connectivity index (χ2n) is 10.5. The van der Waals surface area contributed by atoms with Crippen molar-refractivity contribution in [2.24, 2.45) is 17.6 Å². The second kappa shape index (κ2) is 9.11. The Labute approximate surface area is 224 Å². The van der Waals surface area contributed by atoms with Crippen molar-refractivity contribution in [2.75, 3.05) is 19.8 Å². The highest BCUT2D eigenvalue weighted by Crippen LogP contribution is 2.53. The maximum absolute atomic E-state index is 13.9. The van der Waals surface area contributed by atoms with Gasteiger partial charge in [0.25, 0.3) is 5.91 Å². The normalized spacial score (nSPS) is 26.6. The Morgan fingerprint density at radius 3 is 2.33 bits per heavy atom. The number of carbonyl (C=O) groups excluding carboxylic acids is 3. The molecule has 0 heterocycles. The van der Waals surface area contributed by atoms with Crippen LogP contribution in [-0.4, -0.2) is 68.5 Å². The Kier molecular flexibility index (Phi) is 6.12. The van der Waals surface area contributed by atoms with Crippen molar-refractivity contribution < 1.29 is 34.8 Å². The van der Waals surface area contributed by atoms with Crippen LogP contribution in [0.4, 0.5) is 5.69 Å². The zero-order valence-electron chi connectivity index (χ0n) is 21.4. The molecule has 0 radical (unpaired) electrons. The van der Waals surface area contributed by atoms with Gasteiger partial charge in [0.1, 0.15) is 22.8 Å². The number of hydrogen-bond acceptors (Lipinski definition) is 9. The summed E-state index contributed by atoms with van der Waals surface area (Å²) in [4.78, 5) is 40.6. The topological polar surface area (TPSA) is 187 Å². The van der Waals surface area contributed by atoms with E-state index in [1.54, 1.807) is 32.3 Å². The van der Waals surface area contributed by atoms with Crippen LogP contribution in [0, 0.1) is 11.8 Å². The summed E-state index contributed by atoms with van der Waals surface area (Å²) in [6.45, 7) is 0. The fourth-order valence-electron chi connectivity index (χ4n) is 6.22. The van der Waals surface area contributed by atoms with Gasteiger partial charge in [0, 0.05) is 17.2 Å². The van der Waals surface area contributed by atoms with E-state index in [4.69, 9.17) is 11.5 Å². The molecule has 39 heavy (non-hydrogen) atoms. The van der Waals surface area contributed by atoms with E-state index in [2.05, 4.69) is 0 Å². The lowest BCUT2D eigenvalue weighted by molar-refractivity contribution is -0.153. The molecule has 8 N–H and O–H groups in total. The van der Waals surface area contributed by atoms with Crippen LogP contribution in [-0.2, 0) is 20.8 Å². The molecule has 0 unspecified atom stereocenters. The van der Waals surface area contributed by atoms with Crippen molar-refractivity contribution in [3.63, 3.8) is 0 Å². The van der Waals surface area contributed by atoms with Gasteiger partial charge in [0.05, 0.1) is 11.6 Å². The van der Waals surface area contributed by atoms with Gasteiger partial charge in [0.15, 0.2) is 11.4 Å². The number of aliphatic hydroxyl groups is 3. The number of primary amides is 1. The number of carbonyl (C=O) groups is 3. The maximum atomic E-state index is 13.9. The minimum absolute atomic E-state index is 0.0303. The standard InChI is InChI=1S/C29H29N3O7/c1-32(2)23-18-12-15-11-17-14(6-3-13-4-8-16(30)9-5-13)7-10-19(33)21(17)24(34)20(15)26(36)29(18,39)27(37)22(25(23)35)28(31)38/h3-10,15,18,23,33-34,37,39H,11-12,30H2,1-2H3,(H2,31,38)/b6-3+/t15-,18-,23-,29-/m0/s1. The fourth-order valence-corrected chi connectivity index (χ4v) is 6.22. The number of nitrogen functional groups attached to an aromatic ring is 1. The molecule has 0 spiro atoms. The van der Waals surface area contributed by atoms with E-state index in [1.165, 1.54) is 11.0 Å². The van der Waals surface area contributed by atoms with Gasteiger partial charge in [-0.3, -0.25) is 19.3 Å². The predicted octanol–water partition coefficient (Wildman–Crippen LogP) is 1.72. The van der Waals surface area contributed by atoms with Gasteiger partial charge >= 0.3 is 0 Å². The highest BCUT2D eigenvalue weighted by molar-refractivity contribution is 6.24. The first-order valence-electron chi connectivity index (χ1n) is 12.4. The quantitative estimate of drug-likeness (QED) is 0.194. The maximum Gasteiger partial charge on any atom is 0.255 e. The predicted molar refractivity (Wildman–Crippen MR) is 144 cm³/mol. The largest absolute Gasteiger partial charge is 0.508 e. The summed E-state index contributed by atoms with van der Waals surface area (Å²) in [6.07, 6.45) is 3.92. The Bertz CT molecular complexity index is 1520. The Balaban J connectivity index is 1.66. The van der Waals surface area contributed by atoms with Crippen molar-refractivity contribution >= 4 is 41.1 Å². The van der Waals surface area contributed by atoms with Crippen LogP contribution in [0.5, 0.6) is 5.75 Å². The molecule has 0 saturated heterocycles. The summed E-state index contributed by atoms with van der Waals surface area (Å²) in [5.74, 6) is -6.75. The molecular weight excluding hydrogens is 502 g/mol. The summed E-state index contributed by atoms with van der Waals surface area (Å²) in [5.41, 5.74) is 10.3. The molecule has 202 valence electrons. The van der Waals surface area contributed by atoms with Crippen molar-refractivity contribution in [3.8, 4) is 5.75 Å². The number of likely N-dealkylation sites (N-methyl/N-ethyl adjacent to an activating group) is 1. The molecule has 1 fully saturated rings. The number of hydrogen-bond donors (Lipinski definition) is 6. The number of rotatable bonds is 4. The molecule has 2 aromatic carbocycles. The van der Waals surface area contributed by atoms with E-state index in [0.717, 1.165) is 5.56 Å². The highest BCUT2D eigenvalue weighted by atomic mass is 16.3. The van der Waals surface area contributed by atoms with E-state index in [1.807, 2.05) is 24.3 Å². The van der Waals surface area contributed by atoms with Gasteiger partial charge in [-0.1, -0.05) is 30.4 Å². The van der Waals surface area contributed by atoms with Crippen LogP contribution in [0.15, 0.2) is 53.3 Å². The number of fused-ring (bicyclic) bond motifs is 3. The van der Waals surface area contributed by atoms with Crippen LogP contribution >= 0.6 is 0 Å². The molecule has 3 aliphatic carbocycles. The molecular formula is C29H29N3O7. The SMILES string of the molecule is CN(C)[C@@H]1C(=O)C(C(N)=O)=C(O)[C@@]2(O)C(=O)C3=C(O)c4c(O)ccc(/C=C/c5ccc(N)cc5)c4C[C@H]3C[C@@H]12. The van der Waals surface area contributed by atoms with Crippen molar-refractivity contribution in [1.29, 1.82) is 0 Å². The number of aromatic hydroxyl groups is 1. The molecule has 10 nitrogen and oxygen atoms in total. The minimum Gasteiger partial charge on any atom is -0.508 e. The fraction of sp³-hybridized carbons (Fsp3) is 0.276. The van der Waals surface area contributed by atoms with Crippen LogP contribution < -0.4 is 11.5 Å². The van der Waals surface area contributed by atoms with Gasteiger partial charge < -0.3 is 31.9 Å². The first-order chi connectivity index (χ1) is 18.4. The number of anilines is 1. The summed E-state index contributed by atoms with van der Waals surface area (Å²) in [5, 5.41) is 44.6. The number of nitrogens with zero attached hydrogens (tertiary/aromatic N) is 1. The average Bonchev–Trinajstić information content (AvgIpc) is 2.86. The number of phenolic OH excluding ortho intramolecular Hbond substituents is 1. The summed E-state index contributed by atoms with van der Waals surface area (Å²) < 4.78 is 0. The van der Waals surface area contributed by atoms with Gasteiger partial charge in [-0.05, 0) is 67.7 Å². The number of amides is 1. The van der Waals surface area contributed by atoms with Crippen molar-refractivity contribution in [1.82, 2.24) is 4.90 Å². The minimum atomic E-state index is -2.66. The van der Waals surface area contributed by atoms with E-state index < -0.39 is 58.0 Å². The number of Topliss-reactive ketones (excluding diaryl/α,β-unsaturated/α-hetero) is 2. The highest BCUT2D eigenvalue weighted by Gasteiger charge is 2.64. The lowest BCUT2D eigenvalue weighted by atomic mass is 9.57. The number of benzene rings is 2. The summed E-state index contributed by atoms with van der Waals surface area (Å²) in [6, 6.07) is 9.18. The lowest BCUT2D eigenvalue weighted by Gasteiger charge is -2.50. The molecule has 5 rings (SSSR count). The third kappa shape index (κ3) is 3.83. The van der Waals surface area contributed by atoms with Crippen LogP contribution in [0.2, 0.25) is 0 Å². The second-order valence-corrected chi connectivity index (χ2v) is 10.5. The molecule has 0 aromatic heterocycles. The van der Waals surface area contributed by atoms with Crippen LogP contribution in [0.1, 0.15) is 28.7 Å². The third-order valence-electron chi connectivity index (χ3n) is 8.03. The van der Waals surface area contributed by atoms with Gasteiger partial charge in [0.2, 0.25) is 5.78 Å². The summed E-state index contributed by atoms with van der Waals surface area (Å²) in [7, 11) is 3.12. The number of nitrogens with two attached hydrogens (primary N) is 2. The molecule has 10 heteroatoms. The van der Waals surface area contributed by atoms with E-state index in [-0.39, 0.29) is 29.7 Å². The Hall–Kier alpha value is -4.41. The zero-order valence-corrected chi connectivity index (χ0v) is 21.4. The van der Waals surface area contributed by atoms with Crippen molar-refractivity contribution in [2.45, 2.75) is 24.5 Å². The van der Waals surface area contributed by atoms with Gasteiger partial charge in [-0.25, -0.2) is 0 Å². The van der Waals surface area contributed by atoms with E-state index in [0.29, 0.717) is 16.8 Å². The number of phenols is 1. The van der Waals surface area contributed by atoms with Crippen LogP contribution in [0.3, 0.4) is 0 Å². The lowest BCUT2D eigenvalue weighted by Crippen LogP contribution is -2.65. The Morgan fingerprint density at radius 2 is 1.72 bits per heavy atom. The monoisotopic (exact) mass is 531 g/mol. The third-order valence-corrected chi connectivity index (χ3v) is 8.03. The Morgan fingerprint density at radius 1 is 1.05 bits per heavy atom. The molecule has 2 aromatic rings. The molecule has 3 aliphatic rings. The molecule has 0 aliphatic heterocycles. The van der Waals surface area contributed by atoms with Crippen LogP contribution in [0.25, 0.3) is 17.9 Å². The summed E-state index contributed by atoms with van der Waals surface area (Å²) >= 11 is 0. The molecule has 4 atom stereocenters. The van der Waals surface area contributed by atoms with Gasteiger partial charge in [-0.2, -0.15) is 0 Å². The number of ketones is 2. The zero-order chi connectivity index (χ0) is 28.4. The molecule has 0 bridgehead atoms. The van der Waals surface area contributed by atoms with E-state index >= 15 is 0 Å². The van der Waals surface area contributed by atoms with Gasteiger partial charge in [-0.15, -0.1) is 0 Å². The average molecular weight is 532 g/mol. The number of aliphatic hydroxyl groups excluding tert-OH is 2. The first kappa shape index (κ1) is 26.2.